The molecule has 3 rings (SSSR count). The Morgan fingerprint density at radius 3 is 3.11 bits per heavy atom. The predicted molar refractivity (Wildman–Crippen MR) is 67.1 cm³/mol. The van der Waals surface area contributed by atoms with Gasteiger partial charge in [-0.3, -0.25) is 9.38 Å². The van der Waals surface area contributed by atoms with E-state index in [0.717, 1.165) is 5.56 Å². The molecule has 1 atom stereocenters. The van der Waals surface area contributed by atoms with Crippen LogP contribution in [0, 0.1) is 0 Å². The van der Waals surface area contributed by atoms with Crippen LogP contribution in [-0.4, -0.2) is 24.6 Å². The highest BCUT2D eigenvalue weighted by Crippen LogP contribution is 2.18. The minimum absolute atomic E-state index is 0.106. The largest absolute Gasteiger partial charge is 0.360 e. The van der Waals surface area contributed by atoms with Crippen LogP contribution in [0.15, 0.2) is 43.2 Å². The minimum atomic E-state index is 0.106. The first-order chi connectivity index (χ1) is 8.84. The van der Waals surface area contributed by atoms with E-state index in [4.69, 9.17) is 0 Å². The summed E-state index contributed by atoms with van der Waals surface area (Å²) in [6, 6.07) is 4.04. The van der Waals surface area contributed by atoms with Gasteiger partial charge in [-0.05, 0) is 18.6 Å². The van der Waals surface area contributed by atoms with Crippen molar-refractivity contribution >= 4 is 11.5 Å². The molecule has 6 nitrogen and oxygen atoms in total. The van der Waals surface area contributed by atoms with Crippen LogP contribution in [0.25, 0.3) is 5.65 Å². The Morgan fingerprint density at radius 1 is 1.33 bits per heavy atom. The summed E-state index contributed by atoms with van der Waals surface area (Å²) in [4.78, 5) is 8.40. The zero-order valence-electron chi connectivity index (χ0n) is 9.85. The van der Waals surface area contributed by atoms with Gasteiger partial charge in [0.15, 0.2) is 5.82 Å². The second-order valence-corrected chi connectivity index (χ2v) is 3.99. The molecule has 0 bridgehead atoms. The molecular formula is C12H12N6. The van der Waals surface area contributed by atoms with Gasteiger partial charge >= 0.3 is 0 Å². The highest BCUT2D eigenvalue weighted by atomic mass is 15.2. The molecule has 0 saturated carbocycles. The second-order valence-electron chi connectivity index (χ2n) is 3.99. The third-order valence-electron chi connectivity index (χ3n) is 2.75. The molecule has 1 N–H and O–H groups in total. The van der Waals surface area contributed by atoms with E-state index in [1.165, 1.54) is 0 Å². The van der Waals surface area contributed by atoms with Crippen LogP contribution in [-0.2, 0) is 0 Å². The van der Waals surface area contributed by atoms with Crippen molar-refractivity contribution in [3.8, 4) is 0 Å². The lowest BCUT2D eigenvalue weighted by Gasteiger charge is -2.14. The summed E-state index contributed by atoms with van der Waals surface area (Å²) in [5, 5.41) is 11.2. The van der Waals surface area contributed by atoms with Crippen LogP contribution in [0.4, 0.5) is 5.82 Å². The number of aromatic nitrogens is 5. The molecule has 6 heteroatoms. The Kier molecular flexibility index (Phi) is 2.60. The summed E-state index contributed by atoms with van der Waals surface area (Å²) in [6.07, 6.45) is 8.77. The molecule has 0 spiro atoms. The molecule has 0 amide bonds. The summed E-state index contributed by atoms with van der Waals surface area (Å²) in [5.41, 5.74) is 1.81. The number of nitrogens with zero attached hydrogens (tertiary/aromatic N) is 5. The van der Waals surface area contributed by atoms with E-state index >= 15 is 0 Å². The summed E-state index contributed by atoms with van der Waals surface area (Å²) < 4.78 is 1.82. The Bertz CT molecular complexity index is 648. The maximum absolute atomic E-state index is 4.29. The highest BCUT2D eigenvalue weighted by Gasteiger charge is 2.09. The average molecular weight is 240 g/mol. The summed E-state index contributed by atoms with van der Waals surface area (Å²) >= 11 is 0. The number of hydrogen-bond acceptors (Lipinski definition) is 5. The van der Waals surface area contributed by atoms with Gasteiger partial charge in [0, 0.05) is 24.8 Å². The van der Waals surface area contributed by atoms with E-state index in [1.54, 1.807) is 18.7 Å². The fraction of sp³-hybridized carbons (Fsp3) is 0.167. The summed E-state index contributed by atoms with van der Waals surface area (Å²) in [5.74, 6) is 0.714. The smallest absolute Gasteiger partial charge is 0.203 e. The van der Waals surface area contributed by atoms with Crippen molar-refractivity contribution < 1.29 is 0 Å². The van der Waals surface area contributed by atoms with Crippen molar-refractivity contribution in [2.75, 3.05) is 5.32 Å². The molecule has 0 saturated heterocycles. The lowest BCUT2D eigenvalue weighted by atomic mass is 10.1. The van der Waals surface area contributed by atoms with Crippen molar-refractivity contribution in [2.24, 2.45) is 0 Å². The van der Waals surface area contributed by atoms with Gasteiger partial charge in [-0.15, -0.1) is 10.2 Å². The first kappa shape index (κ1) is 10.6. The van der Waals surface area contributed by atoms with E-state index in [0.29, 0.717) is 11.5 Å². The molecule has 0 radical (unpaired) electrons. The molecule has 3 heterocycles. The van der Waals surface area contributed by atoms with Crippen molar-refractivity contribution in [1.82, 2.24) is 24.6 Å². The van der Waals surface area contributed by atoms with E-state index in [2.05, 4.69) is 32.4 Å². The van der Waals surface area contributed by atoms with Gasteiger partial charge in [0.1, 0.15) is 6.33 Å². The predicted octanol–water partition coefficient (Wildman–Crippen LogP) is 1.69. The first-order valence-corrected chi connectivity index (χ1v) is 5.65. The second kappa shape index (κ2) is 4.40. The van der Waals surface area contributed by atoms with Gasteiger partial charge in [-0.25, -0.2) is 4.98 Å². The lowest BCUT2D eigenvalue weighted by Crippen LogP contribution is -2.09. The average Bonchev–Trinajstić information content (AvgIpc) is 2.89. The van der Waals surface area contributed by atoms with Crippen LogP contribution in [0.3, 0.4) is 0 Å². The zero-order valence-corrected chi connectivity index (χ0v) is 9.85. The van der Waals surface area contributed by atoms with Crippen LogP contribution in [0.5, 0.6) is 0 Å². The van der Waals surface area contributed by atoms with E-state index in [9.17, 15) is 0 Å². The molecule has 0 aliphatic carbocycles. The molecule has 0 aliphatic rings. The number of fused-ring (bicyclic) bond motifs is 1. The normalized spacial score (nSPS) is 12.5. The SMILES string of the molecule is CC(Nc1nccn2cnnc12)c1cccnc1. The van der Waals surface area contributed by atoms with E-state index < -0.39 is 0 Å². The fourth-order valence-corrected chi connectivity index (χ4v) is 1.78. The molecule has 0 fully saturated rings. The Labute approximate surface area is 104 Å². The molecular weight excluding hydrogens is 228 g/mol. The Hall–Kier alpha value is -2.50. The van der Waals surface area contributed by atoms with Crippen molar-refractivity contribution in [1.29, 1.82) is 0 Å². The monoisotopic (exact) mass is 240 g/mol. The standard InChI is InChI=1S/C12H12N6/c1-9(10-3-2-4-13-7-10)16-11-12-17-15-8-18(12)6-5-14-11/h2-9H,1H3,(H,14,16). The van der Waals surface area contributed by atoms with E-state index in [1.807, 2.05) is 28.9 Å². The molecule has 18 heavy (non-hydrogen) atoms. The first-order valence-electron chi connectivity index (χ1n) is 5.65. The zero-order chi connectivity index (χ0) is 12.4. The summed E-state index contributed by atoms with van der Waals surface area (Å²) in [6.45, 7) is 2.05. The van der Waals surface area contributed by atoms with E-state index in [-0.39, 0.29) is 6.04 Å². The summed E-state index contributed by atoms with van der Waals surface area (Å²) in [7, 11) is 0. The van der Waals surface area contributed by atoms with Gasteiger partial charge in [0.25, 0.3) is 0 Å². The number of nitrogens with one attached hydrogen (secondary N) is 1. The molecule has 3 aromatic heterocycles. The van der Waals surface area contributed by atoms with Crippen molar-refractivity contribution in [3.05, 3.63) is 48.8 Å². The van der Waals surface area contributed by atoms with Crippen LogP contribution < -0.4 is 5.32 Å². The molecule has 3 aromatic rings. The number of anilines is 1. The van der Waals surface area contributed by atoms with Crippen molar-refractivity contribution in [2.45, 2.75) is 13.0 Å². The maximum Gasteiger partial charge on any atom is 0.203 e. The number of rotatable bonds is 3. The molecule has 90 valence electrons. The highest BCUT2D eigenvalue weighted by molar-refractivity contribution is 5.62. The topological polar surface area (TPSA) is 68.0 Å². The molecule has 0 aromatic carbocycles. The van der Waals surface area contributed by atoms with Crippen LogP contribution in [0.1, 0.15) is 18.5 Å². The van der Waals surface area contributed by atoms with Gasteiger partial charge in [0.05, 0.1) is 6.04 Å². The van der Waals surface area contributed by atoms with Gasteiger partial charge < -0.3 is 5.32 Å². The third kappa shape index (κ3) is 1.88. The van der Waals surface area contributed by atoms with Gasteiger partial charge in [-0.2, -0.15) is 0 Å². The van der Waals surface area contributed by atoms with Crippen LogP contribution >= 0.6 is 0 Å². The van der Waals surface area contributed by atoms with Gasteiger partial charge in [-0.1, -0.05) is 6.07 Å². The minimum Gasteiger partial charge on any atom is -0.360 e. The number of pyridine rings is 1. The Morgan fingerprint density at radius 2 is 2.28 bits per heavy atom. The Balaban J connectivity index is 1.91. The quantitative estimate of drug-likeness (QED) is 0.754. The lowest BCUT2D eigenvalue weighted by molar-refractivity contribution is 0.864. The third-order valence-corrected chi connectivity index (χ3v) is 2.75. The fourth-order valence-electron chi connectivity index (χ4n) is 1.78. The van der Waals surface area contributed by atoms with Crippen LogP contribution in [0.2, 0.25) is 0 Å². The molecule has 1 unspecified atom stereocenters. The number of hydrogen-bond donors (Lipinski definition) is 1. The maximum atomic E-state index is 4.29. The molecule has 0 aliphatic heterocycles. The van der Waals surface area contributed by atoms with Crippen molar-refractivity contribution in [3.63, 3.8) is 0 Å². The van der Waals surface area contributed by atoms with Gasteiger partial charge in [0.2, 0.25) is 5.65 Å².